The normalized spacial score (nSPS) is 13.6. The average Bonchev–Trinajstić information content (AvgIpc) is 2.47. The third kappa shape index (κ3) is 2.74. The number of rotatable bonds is 4. The van der Waals surface area contributed by atoms with Crippen LogP contribution in [0.4, 0.5) is 0 Å². The van der Waals surface area contributed by atoms with Crippen LogP contribution in [0, 0.1) is 6.92 Å². The van der Waals surface area contributed by atoms with Crippen LogP contribution in [0.5, 0.6) is 11.5 Å². The van der Waals surface area contributed by atoms with Crippen LogP contribution in [0.2, 0.25) is 0 Å². The molecular formula is C17H18N2O3. The van der Waals surface area contributed by atoms with Crippen LogP contribution in [0.1, 0.15) is 28.0 Å². The number of pyridine rings is 1. The van der Waals surface area contributed by atoms with E-state index in [9.17, 15) is 9.90 Å². The van der Waals surface area contributed by atoms with Crippen molar-refractivity contribution in [2.75, 3.05) is 13.1 Å². The minimum absolute atomic E-state index is 0.0434. The Labute approximate surface area is 129 Å². The molecule has 1 N–H and O–H groups in total. The van der Waals surface area contributed by atoms with Gasteiger partial charge in [0.25, 0.3) is 5.91 Å². The van der Waals surface area contributed by atoms with Crippen molar-refractivity contribution in [3.63, 3.8) is 0 Å². The number of carbonyl (C=O) groups excluding carboxylic acids is 1. The van der Waals surface area contributed by atoms with E-state index in [0.29, 0.717) is 17.0 Å². The molecule has 114 valence electrons. The van der Waals surface area contributed by atoms with E-state index in [1.165, 1.54) is 0 Å². The monoisotopic (exact) mass is 298 g/mol. The van der Waals surface area contributed by atoms with Crippen LogP contribution in [-0.4, -0.2) is 34.0 Å². The number of ether oxygens (including phenoxy) is 1. The van der Waals surface area contributed by atoms with Gasteiger partial charge in [0, 0.05) is 30.4 Å². The fourth-order valence-corrected chi connectivity index (χ4v) is 2.33. The van der Waals surface area contributed by atoms with E-state index in [-0.39, 0.29) is 18.3 Å². The summed E-state index contributed by atoms with van der Waals surface area (Å²) in [5.74, 6) is 0.754. The predicted molar refractivity (Wildman–Crippen MR) is 81.9 cm³/mol. The molecule has 5 nitrogen and oxygen atoms in total. The zero-order valence-corrected chi connectivity index (χ0v) is 12.5. The number of amides is 1. The Kier molecular flexibility index (Phi) is 3.96. The topological polar surface area (TPSA) is 62.7 Å². The Balaban J connectivity index is 1.78. The average molecular weight is 298 g/mol. The molecule has 22 heavy (non-hydrogen) atoms. The Bertz CT molecular complexity index is 696. The van der Waals surface area contributed by atoms with Gasteiger partial charge in [-0.15, -0.1) is 0 Å². The lowest BCUT2D eigenvalue weighted by molar-refractivity contribution is 0.0642. The molecule has 3 rings (SSSR count). The van der Waals surface area contributed by atoms with E-state index in [2.05, 4.69) is 4.98 Å². The zero-order chi connectivity index (χ0) is 15.5. The standard InChI is InChI=1S/C17H18N2O3/c1-12-14(20)6-2-7-15(12)22-11-13-5-3-8-18-16(13)17(21)19-9-4-10-19/h2-3,5-8,20H,4,9-11H2,1H3. The first kappa shape index (κ1) is 14.4. The summed E-state index contributed by atoms with van der Waals surface area (Å²) in [6.07, 6.45) is 2.67. The molecule has 2 heterocycles. The first-order valence-corrected chi connectivity index (χ1v) is 7.31. The highest BCUT2D eigenvalue weighted by molar-refractivity contribution is 5.94. The number of benzene rings is 1. The maximum atomic E-state index is 12.3. The third-order valence-corrected chi connectivity index (χ3v) is 3.88. The van der Waals surface area contributed by atoms with Gasteiger partial charge in [-0.25, -0.2) is 0 Å². The fourth-order valence-electron chi connectivity index (χ4n) is 2.33. The Hall–Kier alpha value is -2.56. The second-order valence-electron chi connectivity index (χ2n) is 5.35. The third-order valence-electron chi connectivity index (χ3n) is 3.88. The molecule has 0 aliphatic carbocycles. The van der Waals surface area contributed by atoms with Crippen molar-refractivity contribution in [3.05, 3.63) is 53.3 Å². The maximum Gasteiger partial charge on any atom is 0.272 e. The van der Waals surface area contributed by atoms with Crippen molar-refractivity contribution >= 4 is 5.91 Å². The summed E-state index contributed by atoms with van der Waals surface area (Å²) < 4.78 is 5.76. The van der Waals surface area contributed by atoms with Gasteiger partial charge < -0.3 is 14.7 Å². The molecule has 1 aromatic heterocycles. The van der Waals surface area contributed by atoms with Crippen molar-refractivity contribution in [3.8, 4) is 11.5 Å². The summed E-state index contributed by atoms with van der Waals surface area (Å²) in [6.45, 7) is 3.62. The summed E-state index contributed by atoms with van der Waals surface area (Å²) >= 11 is 0. The lowest BCUT2D eigenvalue weighted by Gasteiger charge is -2.31. The number of hydrogen-bond acceptors (Lipinski definition) is 4. The Morgan fingerprint density at radius 2 is 2.14 bits per heavy atom. The van der Waals surface area contributed by atoms with E-state index < -0.39 is 0 Å². The summed E-state index contributed by atoms with van der Waals surface area (Å²) in [7, 11) is 0. The molecule has 0 spiro atoms. The van der Waals surface area contributed by atoms with Crippen LogP contribution in [0.15, 0.2) is 36.5 Å². The highest BCUT2D eigenvalue weighted by Gasteiger charge is 2.24. The van der Waals surface area contributed by atoms with Crippen LogP contribution in [0.3, 0.4) is 0 Å². The molecule has 1 amide bonds. The molecule has 0 bridgehead atoms. The molecule has 1 aliphatic heterocycles. The number of phenols is 1. The zero-order valence-electron chi connectivity index (χ0n) is 12.5. The molecule has 5 heteroatoms. The first-order chi connectivity index (χ1) is 10.7. The van der Waals surface area contributed by atoms with Gasteiger partial charge in [0.2, 0.25) is 0 Å². The molecule has 1 aliphatic rings. The predicted octanol–water partition coefficient (Wildman–Crippen LogP) is 2.52. The molecule has 1 fully saturated rings. The van der Waals surface area contributed by atoms with E-state index >= 15 is 0 Å². The van der Waals surface area contributed by atoms with Gasteiger partial charge in [-0.3, -0.25) is 9.78 Å². The lowest BCUT2D eigenvalue weighted by atomic mass is 10.1. The molecule has 0 unspecified atom stereocenters. The molecular weight excluding hydrogens is 280 g/mol. The van der Waals surface area contributed by atoms with Crippen molar-refractivity contribution in [1.29, 1.82) is 0 Å². The van der Waals surface area contributed by atoms with E-state index in [1.54, 1.807) is 42.3 Å². The quantitative estimate of drug-likeness (QED) is 0.942. The Morgan fingerprint density at radius 3 is 2.86 bits per heavy atom. The van der Waals surface area contributed by atoms with Gasteiger partial charge in [-0.2, -0.15) is 0 Å². The van der Waals surface area contributed by atoms with Crippen LogP contribution in [0.25, 0.3) is 0 Å². The number of hydrogen-bond donors (Lipinski definition) is 1. The summed E-state index contributed by atoms with van der Waals surface area (Å²) in [5, 5.41) is 9.70. The van der Waals surface area contributed by atoms with Gasteiger partial charge in [0.15, 0.2) is 0 Å². The molecule has 0 radical (unpaired) electrons. The SMILES string of the molecule is Cc1c(O)cccc1OCc1cccnc1C(=O)N1CCC1. The maximum absolute atomic E-state index is 12.3. The highest BCUT2D eigenvalue weighted by Crippen LogP contribution is 2.27. The number of nitrogens with zero attached hydrogens (tertiary/aromatic N) is 2. The van der Waals surface area contributed by atoms with E-state index in [4.69, 9.17) is 4.74 Å². The second kappa shape index (κ2) is 6.05. The van der Waals surface area contributed by atoms with Gasteiger partial charge >= 0.3 is 0 Å². The van der Waals surface area contributed by atoms with Gasteiger partial charge in [0.05, 0.1) is 0 Å². The minimum atomic E-state index is -0.0434. The van der Waals surface area contributed by atoms with Crippen molar-refractivity contribution in [2.45, 2.75) is 20.0 Å². The smallest absolute Gasteiger partial charge is 0.272 e. The van der Waals surface area contributed by atoms with Crippen molar-refractivity contribution in [1.82, 2.24) is 9.88 Å². The van der Waals surface area contributed by atoms with E-state index in [1.807, 2.05) is 6.07 Å². The number of aromatic hydroxyl groups is 1. The van der Waals surface area contributed by atoms with Gasteiger partial charge in [-0.1, -0.05) is 12.1 Å². The van der Waals surface area contributed by atoms with Gasteiger partial charge in [-0.05, 0) is 31.5 Å². The number of likely N-dealkylation sites (tertiary alicyclic amines) is 1. The van der Waals surface area contributed by atoms with Gasteiger partial charge in [0.1, 0.15) is 23.8 Å². The number of aromatic nitrogens is 1. The van der Waals surface area contributed by atoms with Crippen LogP contribution >= 0.6 is 0 Å². The van der Waals surface area contributed by atoms with Crippen molar-refractivity contribution < 1.29 is 14.6 Å². The molecule has 0 saturated carbocycles. The van der Waals surface area contributed by atoms with Crippen LogP contribution < -0.4 is 4.74 Å². The fraction of sp³-hybridized carbons (Fsp3) is 0.294. The van der Waals surface area contributed by atoms with Crippen LogP contribution in [-0.2, 0) is 6.61 Å². The second-order valence-corrected chi connectivity index (χ2v) is 5.35. The Morgan fingerprint density at radius 1 is 1.32 bits per heavy atom. The molecule has 0 atom stereocenters. The summed E-state index contributed by atoms with van der Waals surface area (Å²) in [5.41, 5.74) is 1.88. The minimum Gasteiger partial charge on any atom is -0.508 e. The van der Waals surface area contributed by atoms with E-state index in [0.717, 1.165) is 25.1 Å². The lowest BCUT2D eigenvalue weighted by Crippen LogP contribution is -2.42. The number of carbonyl (C=O) groups is 1. The first-order valence-electron chi connectivity index (χ1n) is 7.31. The summed E-state index contributed by atoms with van der Waals surface area (Å²) in [4.78, 5) is 18.3. The molecule has 1 saturated heterocycles. The largest absolute Gasteiger partial charge is 0.508 e. The van der Waals surface area contributed by atoms with Crippen molar-refractivity contribution in [2.24, 2.45) is 0 Å². The molecule has 2 aromatic rings. The summed E-state index contributed by atoms with van der Waals surface area (Å²) in [6, 6.07) is 8.78. The molecule has 1 aromatic carbocycles. The highest BCUT2D eigenvalue weighted by atomic mass is 16.5. The number of phenolic OH excluding ortho intramolecular Hbond substituents is 1.